The van der Waals surface area contributed by atoms with Crippen molar-refractivity contribution in [2.45, 2.75) is 58.0 Å². The van der Waals surface area contributed by atoms with Crippen LogP contribution in [0.4, 0.5) is 0 Å². The van der Waals surface area contributed by atoms with Crippen LogP contribution in [0.25, 0.3) is 0 Å². The molecule has 0 spiro atoms. The van der Waals surface area contributed by atoms with E-state index in [4.69, 9.17) is 0 Å². The lowest BCUT2D eigenvalue weighted by Gasteiger charge is -2.40. The minimum absolute atomic E-state index is 0.000973. The van der Waals surface area contributed by atoms with Crippen molar-refractivity contribution < 1.29 is 10.2 Å². The number of likely N-dealkylation sites (tertiary alicyclic amines) is 1. The van der Waals surface area contributed by atoms with E-state index in [2.05, 4.69) is 24.1 Å². The van der Waals surface area contributed by atoms with E-state index in [1.807, 2.05) is 6.92 Å². The lowest BCUT2D eigenvalue weighted by molar-refractivity contribution is 0.0629. The van der Waals surface area contributed by atoms with Crippen LogP contribution >= 0.6 is 0 Å². The second-order valence-corrected chi connectivity index (χ2v) is 6.06. The Morgan fingerprint density at radius 3 is 2.21 bits per heavy atom. The smallest absolute Gasteiger partial charge is 0.0647 e. The highest BCUT2D eigenvalue weighted by molar-refractivity contribution is 4.90. The van der Waals surface area contributed by atoms with Gasteiger partial charge in [0.25, 0.3) is 0 Å². The van der Waals surface area contributed by atoms with E-state index in [-0.39, 0.29) is 13.2 Å². The van der Waals surface area contributed by atoms with Crippen molar-refractivity contribution in [3.8, 4) is 0 Å². The lowest BCUT2D eigenvalue weighted by atomic mass is 9.87. The van der Waals surface area contributed by atoms with Crippen LogP contribution in [0.15, 0.2) is 0 Å². The maximum absolute atomic E-state index is 9.51. The van der Waals surface area contributed by atoms with Crippen LogP contribution in [0.5, 0.6) is 0 Å². The van der Waals surface area contributed by atoms with Crippen LogP contribution in [-0.2, 0) is 0 Å². The van der Waals surface area contributed by atoms with E-state index >= 15 is 0 Å². The number of aliphatic hydroxyl groups is 2. The fraction of sp³-hybridized carbons (Fsp3) is 1.00. The van der Waals surface area contributed by atoms with Gasteiger partial charge in [0.1, 0.15) is 0 Å². The number of nitrogens with zero attached hydrogens (tertiary/aromatic N) is 1. The Balaban J connectivity index is 2.44. The lowest BCUT2D eigenvalue weighted by Crippen LogP contribution is -2.57. The van der Waals surface area contributed by atoms with E-state index in [1.165, 1.54) is 38.9 Å². The summed E-state index contributed by atoms with van der Waals surface area (Å²) in [6, 6.07) is 0.350. The van der Waals surface area contributed by atoms with Gasteiger partial charge in [-0.15, -0.1) is 0 Å². The summed E-state index contributed by atoms with van der Waals surface area (Å²) in [5.74, 6) is 0.650. The van der Waals surface area contributed by atoms with Gasteiger partial charge in [0, 0.05) is 6.04 Å². The van der Waals surface area contributed by atoms with Gasteiger partial charge in [-0.25, -0.2) is 0 Å². The van der Waals surface area contributed by atoms with Gasteiger partial charge in [0.05, 0.1) is 18.8 Å². The fourth-order valence-corrected chi connectivity index (χ4v) is 3.06. The summed E-state index contributed by atoms with van der Waals surface area (Å²) < 4.78 is 0. The van der Waals surface area contributed by atoms with Gasteiger partial charge in [-0.2, -0.15) is 0 Å². The molecule has 0 aromatic carbocycles. The Morgan fingerprint density at radius 1 is 1.21 bits per heavy atom. The third kappa shape index (κ3) is 4.71. The van der Waals surface area contributed by atoms with E-state index in [9.17, 15) is 10.2 Å². The standard InChI is InChI=1S/C15H32N2O2/c1-4-8-17-9-6-14(7-10-17)13(3)16-15(5-2,11-18)12-19/h13-14,16,18-19H,4-12H2,1-3H3. The predicted octanol–water partition coefficient (Wildman–Crippen LogP) is 1.22. The third-order valence-corrected chi connectivity index (χ3v) is 4.70. The zero-order valence-corrected chi connectivity index (χ0v) is 12.9. The summed E-state index contributed by atoms with van der Waals surface area (Å²) in [5, 5.41) is 22.5. The Labute approximate surface area is 118 Å². The predicted molar refractivity (Wildman–Crippen MR) is 79.2 cm³/mol. The van der Waals surface area contributed by atoms with E-state index in [0.717, 1.165) is 6.42 Å². The molecule has 4 nitrogen and oxygen atoms in total. The highest BCUT2D eigenvalue weighted by atomic mass is 16.3. The van der Waals surface area contributed by atoms with Gasteiger partial charge < -0.3 is 20.4 Å². The van der Waals surface area contributed by atoms with Crippen molar-refractivity contribution in [2.75, 3.05) is 32.8 Å². The summed E-state index contributed by atoms with van der Waals surface area (Å²) >= 11 is 0. The Hall–Kier alpha value is -0.160. The largest absolute Gasteiger partial charge is 0.394 e. The topological polar surface area (TPSA) is 55.7 Å². The van der Waals surface area contributed by atoms with Crippen molar-refractivity contribution in [3.63, 3.8) is 0 Å². The first kappa shape index (κ1) is 16.9. The first-order chi connectivity index (χ1) is 9.10. The Morgan fingerprint density at radius 2 is 1.79 bits per heavy atom. The van der Waals surface area contributed by atoms with Gasteiger partial charge in [-0.05, 0) is 58.2 Å². The number of hydrogen-bond donors (Lipinski definition) is 3. The number of aliphatic hydroxyl groups excluding tert-OH is 2. The molecule has 0 saturated carbocycles. The number of piperidine rings is 1. The number of nitrogens with one attached hydrogen (secondary N) is 1. The molecule has 1 aliphatic rings. The summed E-state index contributed by atoms with van der Waals surface area (Å²) in [4.78, 5) is 2.54. The second-order valence-electron chi connectivity index (χ2n) is 6.06. The molecule has 114 valence electrons. The van der Waals surface area contributed by atoms with Gasteiger partial charge in [0.2, 0.25) is 0 Å². The fourth-order valence-electron chi connectivity index (χ4n) is 3.06. The first-order valence-corrected chi connectivity index (χ1v) is 7.82. The van der Waals surface area contributed by atoms with E-state index in [0.29, 0.717) is 12.0 Å². The van der Waals surface area contributed by atoms with Gasteiger partial charge in [-0.1, -0.05) is 13.8 Å². The van der Waals surface area contributed by atoms with Crippen LogP contribution in [0.2, 0.25) is 0 Å². The molecule has 1 aliphatic heterocycles. The number of rotatable bonds is 8. The quantitative estimate of drug-likeness (QED) is 0.622. The maximum atomic E-state index is 9.51. The molecule has 19 heavy (non-hydrogen) atoms. The summed E-state index contributed by atoms with van der Waals surface area (Å²) in [6.45, 7) is 10.0. The molecule has 0 amide bonds. The molecule has 1 saturated heterocycles. The monoisotopic (exact) mass is 272 g/mol. The molecule has 0 bridgehead atoms. The third-order valence-electron chi connectivity index (χ3n) is 4.70. The van der Waals surface area contributed by atoms with Crippen LogP contribution in [-0.4, -0.2) is 59.5 Å². The summed E-state index contributed by atoms with van der Waals surface area (Å²) in [6.07, 6.45) is 4.40. The zero-order chi connectivity index (χ0) is 14.3. The minimum Gasteiger partial charge on any atom is -0.394 e. The zero-order valence-electron chi connectivity index (χ0n) is 12.9. The molecule has 1 atom stereocenters. The summed E-state index contributed by atoms with van der Waals surface area (Å²) in [7, 11) is 0. The second kappa shape index (κ2) is 8.20. The van der Waals surface area contributed by atoms with Crippen LogP contribution < -0.4 is 5.32 Å². The van der Waals surface area contributed by atoms with Crippen LogP contribution in [0.1, 0.15) is 46.5 Å². The van der Waals surface area contributed by atoms with E-state index < -0.39 is 5.54 Å². The molecule has 4 heteroatoms. The molecule has 1 unspecified atom stereocenters. The molecule has 0 aromatic rings. The molecule has 0 aromatic heterocycles. The summed E-state index contributed by atoms with van der Waals surface area (Å²) in [5.41, 5.74) is -0.514. The van der Waals surface area contributed by atoms with Gasteiger partial charge in [-0.3, -0.25) is 0 Å². The van der Waals surface area contributed by atoms with Gasteiger partial charge in [0.15, 0.2) is 0 Å². The van der Waals surface area contributed by atoms with Crippen molar-refractivity contribution in [1.29, 1.82) is 0 Å². The molecule has 0 radical (unpaired) electrons. The first-order valence-electron chi connectivity index (χ1n) is 7.82. The van der Waals surface area contributed by atoms with Gasteiger partial charge >= 0.3 is 0 Å². The maximum Gasteiger partial charge on any atom is 0.0647 e. The normalized spacial score (nSPS) is 20.7. The van der Waals surface area contributed by atoms with Crippen molar-refractivity contribution in [1.82, 2.24) is 10.2 Å². The molecular formula is C15H32N2O2. The number of hydrogen-bond acceptors (Lipinski definition) is 4. The van der Waals surface area contributed by atoms with Crippen LogP contribution in [0.3, 0.4) is 0 Å². The molecule has 1 rings (SSSR count). The highest BCUT2D eigenvalue weighted by Crippen LogP contribution is 2.23. The van der Waals surface area contributed by atoms with E-state index in [1.54, 1.807) is 0 Å². The molecular weight excluding hydrogens is 240 g/mol. The van der Waals surface area contributed by atoms with Crippen molar-refractivity contribution >= 4 is 0 Å². The average molecular weight is 272 g/mol. The van der Waals surface area contributed by atoms with Crippen molar-refractivity contribution in [3.05, 3.63) is 0 Å². The molecule has 0 aliphatic carbocycles. The van der Waals surface area contributed by atoms with Crippen LogP contribution in [0, 0.1) is 5.92 Å². The molecule has 3 N–H and O–H groups in total. The Kier molecular flexibility index (Phi) is 7.29. The Bertz CT molecular complexity index is 228. The molecule has 1 fully saturated rings. The highest BCUT2D eigenvalue weighted by Gasteiger charge is 2.32. The average Bonchev–Trinajstić information content (AvgIpc) is 2.46. The molecule has 1 heterocycles. The van der Waals surface area contributed by atoms with Crippen molar-refractivity contribution in [2.24, 2.45) is 5.92 Å². The minimum atomic E-state index is -0.514. The SMILES string of the molecule is CCCN1CCC(C(C)NC(CC)(CO)CO)CC1.